The van der Waals surface area contributed by atoms with E-state index < -0.39 is 11.4 Å². The number of benzene rings is 3. The Balaban J connectivity index is 1.13. The van der Waals surface area contributed by atoms with E-state index in [4.69, 9.17) is 37.2 Å². The lowest BCUT2D eigenvalue weighted by Gasteiger charge is -2.19. The molecule has 0 saturated heterocycles. The summed E-state index contributed by atoms with van der Waals surface area (Å²) >= 11 is 13.1. The SMILES string of the molecule is COC(=O)c1cn(C)c2cc(N3C(=O)C4(CC4)c4cc(OCc5c(-c6c(Cl)cccc6Cl)noc5C5CC5)ccc43)ccc12. The molecule has 8 nitrogen and oxygen atoms in total. The first-order valence-corrected chi connectivity index (χ1v) is 15.3. The van der Waals surface area contributed by atoms with Gasteiger partial charge in [-0.05, 0) is 79.8 Å². The highest BCUT2D eigenvalue weighted by Gasteiger charge is 2.59. The standard InChI is InChI=1S/C34H27Cl2N3O5/c1-38-16-22(32(40)42-2)21-10-8-19(14-28(21)38)39-27-11-9-20(15-24(27)34(12-13-34)33(39)41)43-17-23-30(37-44-31(23)18-6-7-18)29-25(35)4-3-5-26(29)36/h3-5,8-11,14-16,18H,6-7,12-13,17H2,1-2H3. The minimum absolute atomic E-state index is 0.0529. The van der Waals surface area contributed by atoms with Crippen molar-refractivity contribution in [2.24, 2.45) is 7.05 Å². The van der Waals surface area contributed by atoms with E-state index in [2.05, 4.69) is 5.16 Å². The molecular weight excluding hydrogens is 601 g/mol. The average Bonchev–Trinajstić information content (AvgIpc) is 3.94. The van der Waals surface area contributed by atoms with Crippen molar-refractivity contribution in [3.8, 4) is 17.0 Å². The van der Waals surface area contributed by atoms with Crippen LogP contribution in [0.5, 0.6) is 5.75 Å². The molecule has 0 radical (unpaired) electrons. The molecule has 222 valence electrons. The Hall–Kier alpha value is -4.27. The summed E-state index contributed by atoms with van der Waals surface area (Å²) in [5.41, 5.74) is 5.38. The van der Waals surface area contributed by atoms with E-state index in [9.17, 15) is 9.59 Å². The molecule has 1 aliphatic heterocycles. The van der Waals surface area contributed by atoms with Crippen molar-refractivity contribution >= 4 is 57.4 Å². The average molecular weight is 629 g/mol. The molecule has 8 rings (SSSR count). The Labute approximate surface area is 263 Å². The number of fused-ring (bicyclic) bond motifs is 3. The Morgan fingerprint density at radius 2 is 1.86 bits per heavy atom. The van der Waals surface area contributed by atoms with E-state index in [0.717, 1.165) is 64.8 Å². The van der Waals surface area contributed by atoms with Gasteiger partial charge in [0.15, 0.2) is 0 Å². The normalized spacial score (nSPS) is 16.5. The van der Waals surface area contributed by atoms with Gasteiger partial charge in [-0.25, -0.2) is 4.79 Å². The van der Waals surface area contributed by atoms with E-state index in [1.807, 2.05) is 48.0 Å². The van der Waals surface area contributed by atoms with Crippen LogP contribution in [0.3, 0.4) is 0 Å². The lowest BCUT2D eigenvalue weighted by molar-refractivity contribution is -0.119. The van der Waals surface area contributed by atoms with Crippen LogP contribution in [0.25, 0.3) is 22.2 Å². The number of hydrogen-bond acceptors (Lipinski definition) is 6. The highest BCUT2D eigenvalue weighted by molar-refractivity contribution is 6.39. The number of ether oxygens (including phenoxy) is 2. The molecule has 3 aromatic carbocycles. The molecule has 3 heterocycles. The number of hydrogen-bond donors (Lipinski definition) is 0. The fraction of sp³-hybridized carbons (Fsp3) is 0.265. The molecule has 2 fully saturated rings. The maximum atomic E-state index is 13.9. The molecule has 0 N–H and O–H groups in total. The zero-order chi connectivity index (χ0) is 30.3. The zero-order valence-electron chi connectivity index (χ0n) is 24.0. The number of amides is 1. The number of rotatable bonds is 7. The first-order valence-electron chi connectivity index (χ1n) is 14.5. The minimum Gasteiger partial charge on any atom is -0.489 e. The maximum Gasteiger partial charge on any atom is 0.340 e. The van der Waals surface area contributed by atoms with Gasteiger partial charge in [-0.2, -0.15) is 0 Å². The van der Waals surface area contributed by atoms with Crippen LogP contribution in [0, 0.1) is 0 Å². The second kappa shape index (κ2) is 9.87. The highest BCUT2D eigenvalue weighted by Crippen LogP contribution is 2.59. The van der Waals surface area contributed by atoms with Crippen molar-refractivity contribution < 1.29 is 23.6 Å². The van der Waals surface area contributed by atoms with Gasteiger partial charge < -0.3 is 18.6 Å². The van der Waals surface area contributed by atoms with Crippen LogP contribution in [-0.2, 0) is 28.6 Å². The minimum atomic E-state index is -0.554. The van der Waals surface area contributed by atoms with Crippen molar-refractivity contribution in [3.05, 3.63) is 93.3 Å². The van der Waals surface area contributed by atoms with E-state index in [1.54, 1.807) is 29.3 Å². The van der Waals surface area contributed by atoms with Gasteiger partial charge in [-0.1, -0.05) is 34.4 Å². The summed E-state index contributed by atoms with van der Waals surface area (Å²) in [5, 5.41) is 6.13. The summed E-state index contributed by atoms with van der Waals surface area (Å²) in [7, 11) is 3.24. The van der Waals surface area contributed by atoms with Crippen LogP contribution in [0.2, 0.25) is 10.0 Å². The number of carbonyl (C=O) groups is 2. The van der Waals surface area contributed by atoms with Gasteiger partial charge in [0.25, 0.3) is 0 Å². The van der Waals surface area contributed by atoms with Crippen molar-refractivity contribution in [2.45, 2.75) is 43.6 Å². The summed E-state index contributed by atoms with van der Waals surface area (Å²) in [5.74, 6) is 1.43. The van der Waals surface area contributed by atoms with Crippen LogP contribution < -0.4 is 9.64 Å². The van der Waals surface area contributed by atoms with E-state index >= 15 is 0 Å². The molecule has 10 heteroatoms. The smallest absolute Gasteiger partial charge is 0.340 e. The van der Waals surface area contributed by atoms with Crippen LogP contribution in [0.1, 0.15) is 58.8 Å². The molecule has 2 saturated carbocycles. The Morgan fingerprint density at radius 1 is 1.09 bits per heavy atom. The quantitative estimate of drug-likeness (QED) is 0.169. The van der Waals surface area contributed by atoms with E-state index in [-0.39, 0.29) is 12.5 Å². The largest absolute Gasteiger partial charge is 0.489 e. The van der Waals surface area contributed by atoms with Gasteiger partial charge in [0.2, 0.25) is 5.91 Å². The first-order chi connectivity index (χ1) is 21.3. The molecule has 2 aliphatic carbocycles. The summed E-state index contributed by atoms with van der Waals surface area (Å²) in [4.78, 5) is 28.0. The molecule has 0 bridgehead atoms. The number of aromatic nitrogens is 2. The third-order valence-corrected chi connectivity index (χ3v) is 9.70. The van der Waals surface area contributed by atoms with Crippen molar-refractivity contribution in [3.63, 3.8) is 0 Å². The molecule has 5 aromatic rings. The lowest BCUT2D eigenvalue weighted by Crippen LogP contribution is -2.27. The zero-order valence-corrected chi connectivity index (χ0v) is 25.5. The second-order valence-corrected chi connectivity index (χ2v) is 12.6. The number of halogens is 2. The third kappa shape index (κ3) is 4.08. The lowest BCUT2D eigenvalue weighted by atomic mass is 9.98. The molecule has 0 atom stereocenters. The van der Waals surface area contributed by atoms with Crippen molar-refractivity contribution in [1.82, 2.24) is 9.72 Å². The molecule has 2 aromatic heterocycles. The summed E-state index contributed by atoms with van der Waals surface area (Å²) < 4.78 is 19.0. The number of esters is 1. The summed E-state index contributed by atoms with van der Waals surface area (Å²) in [6, 6.07) is 16.9. The molecule has 1 spiro atoms. The molecule has 44 heavy (non-hydrogen) atoms. The van der Waals surface area contributed by atoms with Crippen molar-refractivity contribution in [2.75, 3.05) is 12.0 Å². The number of nitrogens with zero attached hydrogens (tertiary/aromatic N) is 3. The fourth-order valence-electron chi connectivity index (χ4n) is 6.47. The summed E-state index contributed by atoms with van der Waals surface area (Å²) in [6.07, 6.45) is 5.39. The summed E-state index contributed by atoms with van der Waals surface area (Å²) in [6.45, 7) is 0.225. The van der Waals surface area contributed by atoms with Gasteiger partial charge in [0, 0.05) is 30.1 Å². The number of aryl methyl sites for hydroxylation is 1. The van der Waals surface area contributed by atoms with Gasteiger partial charge >= 0.3 is 5.97 Å². The van der Waals surface area contributed by atoms with E-state index in [0.29, 0.717) is 38.5 Å². The Morgan fingerprint density at radius 3 is 2.57 bits per heavy atom. The number of carbonyl (C=O) groups excluding carboxylic acids is 2. The highest BCUT2D eigenvalue weighted by atomic mass is 35.5. The third-order valence-electron chi connectivity index (χ3n) is 9.07. The number of anilines is 2. The van der Waals surface area contributed by atoms with Crippen LogP contribution in [0.15, 0.2) is 65.3 Å². The van der Waals surface area contributed by atoms with Crippen LogP contribution in [0.4, 0.5) is 11.4 Å². The molecule has 3 aliphatic rings. The topological polar surface area (TPSA) is 86.8 Å². The monoisotopic (exact) mass is 627 g/mol. The first kappa shape index (κ1) is 27.3. The van der Waals surface area contributed by atoms with Gasteiger partial charge in [-0.3, -0.25) is 9.69 Å². The van der Waals surface area contributed by atoms with Gasteiger partial charge in [0.1, 0.15) is 23.8 Å². The Bertz CT molecular complexity index is 2000. The van der Waals surface area contributed by atoms with Gasteiger partial charge in [-0.15, -0.1) is 0 Å². The van der Waals surface area contributed by atoms with Crippen LogP contribution >= 0.6 is 23.2 Å². The van der Waals surface area contributed by atoms with E-state index in [1.165, 1.54) is 7.11 Å². The molecule has 0 unspecified atom stereocenters. The Kier molecular flexibility index (Phi) is 6.12. The fourth-order valence-corrected chi connectivity index (χ4v) is 7.05. The van der Waals surface area contributed by atoms with Gasteiger partial charge in [0.05, 0.1) is 50.6 Å². The predicted molar refractivity (Wildman–Crippen MR) is 167 cm³/mol. The molecule has 1 amide bonds. The second-order valence-electron chi connectivity index (χ2n) is 11.8. The number of methoxy groups -OCH3 is 1. The predicted octanol–water partition coefficient (Wildman–Crippen LogP) is 8.09. The maximum absolute atomic E-state index is 13.9. The van der Waals surface area contributed by atoms with Crippen LogP contribution in [-0.4, -0.2) is 28.7 Å². The van der Waals surface area contributed by atoms with Crippen molar-refractivity contribution in [1.29, 1.82) is 0 Å². The molecular formula is C34H27Cl2N3O5.